The molecule has 0 saturated carbocycles. The number of nitrogens with zero attached hydrogens (tertiary/aromatic N) is 1. The van der Waals surface area contributed by atoms with Gasteiger partial charge in [-0.15, -0.1) is 0 Å². The summed E-state index contributed by atoms with van der Waals surface area (Å²) in [7, 11) is 0. The third-order valence-corrected chi connectivity index (χ3v) is 0.900. The van der Waals surface area contributed by atoms with E-state index >= 15 is 0 Å². The van der Waals surface area contributed by atoms with Gasteiger partial charge in [0.1, 0.15) is 0 Å². The molecule has 0 amide bonds. The standard InChI is InChI=1S/C7H12N2/c1-3-5-9-7(4-2)6-8/h3,5-6H,1,4,8H2,2H3/b7-6-,9-5?. The highest BCUT2D eigenvalue weighted by Crippen LogP contribution is 1.97. The molecule has 0 aliphatic rings. The quantitative estimate of drug-likeness (QED) is 0.568. The lowest BCUT2D eigenvalue weighted by atomic mass is 10.4. The summed E-state index contributed by atoms with van der Waals surface area (Å²) < 4.78 is 0. The normalized spacial score (nSPS) is 12.3. The second-order valence-corrected chi connectivity index (χ2v) is 1.53. The number of rotatable bonds is 3. The van der Waals surface area contributed by atoms with E-state index in [-0.39, 0.29) is 0 Å². The molecule has 0 rings (SSSR count). The van der Waals surface area contributed by atoms with Crippen LogP contribution in [0.25, 0.3) is 0 Å². The van der Waals surface area contributed by atoms with Gasteiger partial charge in [0.2, 0.25) is 0 Å². The van der Waals surface area contributed by atoms with Crippen molar-refractivity contribution in [1.29, 1.82) is 0 Å². The van der Waals surface area contributed by atoms with Crippen LogP contribution in [0.3, 0.4) is 0 Å². The lowest BCUT2D eigenvalue weighted by molar-refractivity contribution is 1.06. The zero-order valence-corrected chi connectivity index (χ0v) is 5.67. The van der Waals surface area contributed by atoms with Crippen LogP contribution in [0, 0.1) is 0 Å². The molecule has 0 aromatic rings. The Kier molecular flexibility index (Phi) is 4.50. The van der Waals surface area contributed by atoms with Crippen LogP contribution in [-0.2, 0) is 0 Å². The van der Waals surface area contributed by atoms with Crippen LogP contribution in [0.15, 0.2) is 29.5 Å². The third-order valence-electron chi connectivity index (χ3n) is 0.900. The van der Waals surface area contributed by atoms with Crippen LogP contribution in [0.5, 0.6) is 0 Å². The van der Waals surface area contributed by atoms with Gasteiger partial charge in [-0.3, -0.25) is 4.99 Å². The molecule has 0 bridgehead atoms. The Labute approximate surface area is 55.8 Å². The fraction of sp³-hybridized carbons (Fsp3) is 0.286. The largest absolute Gasteiger partial charge is 0.403 e. The van der Waals surface area contributed by atoms with E-state index in [9.17, 15) is 0 Å². The lowest BCUT2D eigenvalue weighted by Gasteiger charge is -1.89. The monoisotopic (exact) mass is 124 g/mol. The highest BCUT2D eigenvalue weighted by Gasteiger charge is 1.82. The molecule has 0 aliphatic carbocycles. The predicted octanol–water partition coefficient (Wildman–Crippen LogP) is 1.45. The van der Waals surface area contributed by atoms with Gasteiger partial charge in [-0.1, -0.05) is 19.6 Å². The summed E-state index contributed by atoms with van der Waals surface area (Å²) in [5.74, 6) is 0. The van der Waals surface area contributed by atoms with Crippen LogP contribution >= 0.6 is 0 Å². The Morgan fingerprint density at radius 1 is 1.78 bits per heavy atom. The lowest BCUT2D eigenvalue weighted by Crippen LogP contribution is -1.84. The minimum Gasteiger partial charge on any atom is -0.403 e. The molecule has 0 atom stereocenters. The van der Waals surface area contributed by atoms with Crippen molar-refractivity contribution in [3.05, 3.63) is 24.6 Å². The van der Waals surface area contributed by atoms with Crippen molar-refractivity contribution in [1.82, 2.24) is 0 Å². The first kappa shape index (κ1) is 7.95. The third kappa shape index (κ3) is 3.53. The van der Waals surface area contributed by atoms with Crippen LogP contribution < -0.4 is 5.73 Å². The molecule has 50 valence electrons. The number of hydrogen-bond donors (Lipinski definition) is 1. The number of nitrogens with two attached hydrogens (primary N) is 1. The van der Waals surface area contributed by atoms with Crippen molar-refractivity contribution in [2.75, 3.05) is 0 Å². The first-order chi connectivity index (χ1) is 4.35. The minimum absolute atomic E-state index is 0.862. The Balaban J connectivity index is 3.84. The molecule has 9 heavy (non-hydrogen) atoms. The molecule has 0 saturated heterocycles. The fourth-order valence-corrected chi connectivity index (χ4v) is 0.401. The number of hydrogen-bond acceptors (Lipinski definition) is 2. The molecular formula is C7H12N2. The van der Waals surface area contributed by atoms with Crippen molar-refractivity contribution in [3.63, 3.8) is 0 Å². The fourth-order valence-electron chi connectivity index (χ4n) is 0.401. The van der Waals surface area contributed by atoms with E-state index in [1.165, 1.54) is 6.20 Å². The Bertz CT molecular complexity index is 134. The molecular weight excluding hydrogens is 112 g/mol. The summed E-state index contributed by atoms with van der Waals surface area (Å²) in [4.78, 5) is 3.97. The first-order valence-corrected chi connectivity index (χ1v) is 2.91. The Hall–Kier alpha value is -1.05. The summed E-state index contributed by atoms with van der Waals surface area (Å²) in [6, 6.07) is 0. The average molecular weight is 124 g/mol. The van der Waals surface area contributed by atoms with E-state index in [1.807, 2.05) is 6.92 Å². The second kappa shape index (κ2) is 5.09. The van der Waals surface area contributed by atoms with E-state index in [2.05, 4.69) is 11.6 Å². The highest BCUT2D eigenvalue weighted by molar-refractivity contribution is 5.71. The maximum atomic E-state index is 5.21. The minimum atomic E-state index is 0.862. The van der Waals surface area contributed by atoms with Gasteiger partial charge in [-0.2, -0.15) is 0 Å². The summed E-state index contributed by atoms with van der Waals surface area (Å²) in [6.07, 6.45) is 5.61. The van der Waals surface area contributed by atoms with Crippen molar-refractivity contribution in [2.45, 2.75) is 13.3 Å². The Morgan fingerprint density at radius 3 is 2.78 bits per heavy atom. The smallest absolute Gasteiger partial charge is 0.0555 e. The molecule has 0 aromatic heterocycles. The first-order valence-electron chi connectivity index (χ1n) is 2.91. The highest BCUT2D eigenvalue weighted by atomic mass is 14.7. The predicted molar refractivity (Wildman–Crippen MR) is 41.3 cm³/mol. The SMILES string of the molecule is C=CC=N/C(=C\N)CC. The molecule has 0 fully saturated rings. The van der Waals surface area contributed by atoms with E-state index in [1.54, 1.807) is 12.3 Å². The number of allylic oxidation sites excluding steroid dienone is 2. The van der Waals surface area contributed by atoms with Gasteiger partial charge in [0.05, 0.1) is 5.70 Å². The van der Waals surface area contributed by atoms with E-state index < -0.39 is 0 Å². The summed E-state index contributed by atoms with van der Waals surface area (Å²) in [5, 5.41) is 0. The van der Waals surface area contributed by atoms with Gasteiger partial charge < -0.3 is 5.73 Å². The Morgan fingerprint density at radius 2 is 2.44 bits per heavy atom. The molecule has 0 unspecified atom stereocenters. The van der Waals surface area contributed by atoms with Crippen LogP contribution in [0.4, 0.5) is 0 Å². The average Bonchev–Trinajstić information content (AvgIpc) is 1.91. The second-order valence-electron chi connectivity index (χ2n) is 1.53. The van der Waals surface area contributed by atoms with Crippen LogP contribution in [0.1, 0.15) is 13.3 Å². The summed E-state index contributed by atoms with van der Waals surface area (Å²) in [5.41, 5.74) is 6.10. The molecule has 0 spiro atoms. The number of aliphatic imine (C=N–C) groups is 1. The van der Waals surface area contributed by atoms with Crippen molar-refractivity contribution < 1.29 is 0 Å². The van der Waals surface area contributed by atoms with Gasteiger partial charge in [-0.25, -0.2) is 0 Å². The maximum Gasteiger partial charge on any atom is 0.0555 e. The van der Waals surface area contributed by atoms with Gasteiger partial charge >= 0.3 is 0 Å². The molecule has 2 heteroatoms. The van der Waals surface area contributed by atoms with E-state index in [0.29, 0.717) is 0 Å². The topological polar surface area (TPSA) is 38.4 Å². The van der Waals surface area contributed by atoms with Gasteiger partial charge in [0, 0.05) is 12.4 Å². The van der Waals surface area contributed by atoms with Crippen LogP contribution in [-0.4, -0.2) is 6.21 Å². The van der Waals surface area contributed by atoms with Crippen molar-refractivity contribution >= 4 is 6.21 Å². The van der Waals surface area contributed by atoms with Crippen molar-refractivity contribution in [2.24, 2.45) is 10.7 Å². The molecule has 0 heterocycles. The maximum absolute atomic E-state index is 5.21. The van der Waals surface area contributed by atoms with Crippen LogP contribution in [0.2, 0.25) is 0 Å². The summed E-state index contributed by atoms with van der Waals surface area (Å²) in [6.45, 7) is 5.48. The van der Waals surface area contributed by atoms with Gasteiger partial charge in [0.15, 0.2) is 0 Å². The molecule has 0 aromatic carbocycles. The zero-order chi connectivity index (χ0) is 7.11. The summed E-state index contributed by atoms with van der Waals surface area (Å²) >= 11 is 0. The van der Waals surface area contributed by atoms with Crippen molar-refractivity contribution in [3.8, 4) is 0 Å². The molecule has 0 radical (unpaired) electrons. The van der Waals surface area contributed by atoms with E-state index in [0.717, 1.165) is 12.1 Å². The van der Waals surface area contributed by atoms with Gasteiger partial charge in [0.25, 0.3) is 0 Å². The molecule has 2 N–H and O–H groups in total. The van der Waals surface area contributed by atoms with E-state index in [4.69, 9.17) is 5.73 Å². The molecule has 2 nitrogen and oxygen atoms in total. The zero-order valence-electron chi connectivity index (χ0n) is 5.67. The molecule has 0 aliphatic heterocycles. The van der Waals surface area contributed by atoms with Gasteiger partial charge in [-0.05, 0) is 6.42 Å².